The van der Waals surface area contributed by atoms with E-state index in [4.69, 9.17) is 12.2 Å². The number of aromatic nitrogens is 3. The second-order valence-electron chi connectivity index (χ2n) is 7.15. The summed E-state index contributed by atoms with van der Waals surface area (Å²) in [5, 5.41) is 2.76. The molecule has 0 unspecified atom stereocenters. The third-order valence-electron chi connectivity index (χ3n) is 5.35. The van der Waals surface area contributed by atoms with Crippen molar-refractivity contribution >= 4 is 23.9 Å². The average Bonchev–Trinajstić information content (AvgIpc) is 3.20. The Kier molecular flexibility index (Phi) is 5.27. The Morgan fingerprint density at radius 2 is 2.00 bits per heavy atom. The minimum Gasteiger partial charge on any atom is -0.324 e. The predicted octanol–water partition coefficient (Wildman–Crippen LogP) is 4.14. The van der Waals surface area contributed by atoms with Crippen molar-refractivity contribution in [2.24, 2.45) is 7.05 Å². The number of amides is 1. The fourth-order valence-electron chi connectivity index (χ4n) is 3.98. The number of hydrogen-bond donors (Lipinski definition) is 1. The minimum absolute atomic E-state index is 0.104. The van der Waals surface area contributed by atoms with Crippen molar-refractivity contribution in [3.8, 4) is 0 Å². The van der Waals surface area contributed by atoms with Crippen molar-refractivity contribution in [3.05, 3.63) is 76.0 Å². The quantitative estimate of drug-likeness (QED) is 0.639. The zero-order chi connectivity index (χ0) is 20.5. The monoisotopic (exact) mass is 414 g/mol. The fourth-order valence-corrected chi connectivity index (χ4v) is 4.27. The van der Waals surface area contributed by atoms with E-state index in [0.29, 0.717) is 30.0 Å². The van der Waals surface area contributed by atoms with E-state index in [1.165, 1.54) is 18.2 Å². The van der Waals surface area contributed by atoms with E-state index < -0.39 is 11.6 Å². The van der Waals surface area contributed by atoms with E-state index in [0.717, 1.165) is 11.4 Å². The molecule has 1 atom stereocenters. The maximum Gasteiger partial charge on any atom is 0.225 e. The van der Waals surface area contributed by atoms with E-state index in [-0.39, 0.29) is 23.8 Å². The SMILES string of the molecule is Cn1c(CCC(=O)Nc2ccccn2)c2n(c1=S)C[C@@H](c1c(F)cccc1F)C2. The highest BCUT2D eigenvalue weighted by Gasteiger charge is 2.31. The van der Waals surface area contributed by atoms with Gasteiger partial charge in [-0.25, -0.2) is 13.8 Å². The van der Waals surface area contributed by atoms with E-state index in [1.54, 1.807) is 24.4 Å². The molecule has 1 N–H and O–H groups in total. The zero-order valence-electron chi connectivity index (χ0n) is 15.9. The van der Waals surface area contributed by atoms with Gasteiger partial charge in [0.15, 0.2) is 4.77 Å². The lowest BCUT2D eigenvalue weighted by Gasteiger charge is -2.13. The highest BCUT2D eigenvalue weighted by molar-refractivity contribution is 7.71. The molecule has 0 fully saturated rings. The Morgan fingerprint density at radius 3 is 2.69 bits per heavy atom. The first-order valence-corrected chi connectivity index (χ1v) is 9.78. The lowest BCUT2D eigenvalue weighted by Crippen LogP contribution is -2.14. The second-order valence-corrected chi connectivity index (χ2v) is 7.51. The van der Waals surface area contributed by atoms with Crippen molar-refractivity contribution in [2.75, 3.05) is 5.32 Å². The third-order valence-corrected chi connectivity index (χ3v) is 5.85. The second kappa shape index (κ2) is 7.87. The van der Waals surface area contributed by atoms with Crippen LogP contribution < -0.4 is 5.32 Å². The third kappa shape index (κ3) is 3.72. The number of hydrogen-bond acceptors (Lipinski definition) is 3. The van der Waals surface area contributed by atoms with Gasteiger partial charge in [0, 0.05) is 49.1 Å². The van der Waals surface area contributed by atoms with Crippen LogP contribution in [0.4, 0.5) is 14.6 Å². The maximum absolute atomic E-state index is 14.2. The molecule has 5 nitrogen and oxygen atoms in total. The molecule has 0 bridgehead atoms. The molecular weight excluding hydrogens is 394 g/mol. The molecule has 0 spiro atoms. The lowest BCUT2D eigenvalue weighted by molar-refractivity contribution is -0.116. The molecule has 2 aromatic heterocycles. The number of carbonyl (C=O) groups excluding carboxylic acids is 1. The normalized spacial score (nSPS) is 15.3. The van der Waals surface area contributed by atoms with Gasteiger partial charge in [0.2, 0.25) is 5.91 Å². The molecule has 29 heavy (non-hydrogen) atoms. The number of carbonyl (C=O) groups is 1. The summed E-state index contributed by atoms with van der Waals surface area (Å²) in [6.07, 6.45) is 2.84. The molecule has 1 aliphatic rings. The highest BCUT2D eigenvalue weighted by atomic mass is 32.1. The largest absolute Gasteiger partial charge is 0.324 e. The number of imidazole rings is 1. The van der Waals surface area contributed by atoms with Crippen LogP contribution in [-0.2, 0) is 31.2 Å². The van der Waals surface area contributed by atoms with Crippen LogP contribution in [0.2, 0.25) is 0 Å². The summed E-state index contributed by atoms with van der Waals surface area (Å²) in [6.45, 7) is 0.431. The molecule has 0 radical (unpaired) electrons. The van der Waals surface area contributed by atoms with Crippen molar-refractivity contribution in [1.29, 1.82) is 0 Å². The van der Waals surface area contributed by atoms with Crippen LogP contribution in [0.5, 0.6) is 0 Å². The summed E-state index contributed by atoms with van der Waals surface area (Å²) >= 11 is 5.52. The van der Waals surface area contributed by atoms with Gasteiger partial charge in [0.05, 0.1) is 0 Å². The van der Waals surface area contributed by atoms with Gasteiger partial charge < -0.3 is 14.5 Å². The van der Waals surface area contributed by atoms with Crippen LogP contribution >= 0.6 is 12.2 Å². The van der Waals surface area contributed by atoms with Crippen molar-refractivity contribution < 1.29 is 13.6 Å². The molecule has 4 rings (SSSR count). The molecule has 3 aromatic rings. The van der Waals surface area contributed by atoms with Crippen LogP contribution in [-0.4, -0.2) is 20.0 Å². The van der Waals surface area contributed by atoms with Gasteiger partial charge in [-0.2, -0.15) is 0 Å². The van der Waals surface area contributed by atoms with Gasteiger partial charge in [-0.1, -0.05) is 12.1 Å². The van der Waals surface area contributed by atoms with Crippen molar-refractivity contribution in [1.82, 2.24) is 14.1 Å². The number of fused-ring (bicyclic) bond motifs is 1. The molecule has 8 heteroatoms. The number of nitrogens with one attached hydrogen (secondary N) is 1. The zero-order valence-corrected chi connectivity index (χ0v) is 16.7. The van der Waals surface area contributed by atoms with Gasteiger partial charge in [0.1, 0.15) is 17.5 Å². The standard InChI is InChI=1S/C21H20F2N4OS/c1-26-16(8-9-19(28)25-18-7-2-3-10-24-18)17-11-13(12-27(17)21(26)29)20-14(22)5-4-6-15(20)23/h2-7,10,13H,8-9,11-12H2,1H3,(H,24,25,28)/t13-/m0/s1. The summed E-state index contributed by atoms with van der Waals surface area (Å²) in [6, 6.07) is 9.23. The predicted molar refractivity (Wildman–Crippen MR) is 108 cm³/mol. The number of pyridine rings is 1. The summed E-state index contributed by atoms with van der Waals surface area (Å²) in [5.41, 5.74) is 1.97. The Balaban J connectivity index is 1.52. The van der Waals surface area contributed by atoms with E-state index >= 15 is 0 Å². The van der Waals surface area contributed by atoms with E-state index in [2.05, 4.69) is 10.3 Å². The lowest BCUT2D eigenvalue weighted by atomic mass is 9.95. The maximum atomic E-state index is 14.2. The Morgan fingerprint density at radius 1 is 1.24 bits per heavy atom. The summed E-state index contributed by atoms with van der Waals surface area (Å²) in [4.78, 5) is 16.4. The first-order valence-electron chi connectivity index (χ1n) is 9.37. The molecule has 0 aliphatic carbocycles. The number of nitrogens with zero attached hydrogens (tertiary/aromatic N) is 3. The summed E-state index contributed by atoms with van der Waals surface area (Å²) in [5.74, 6) is -1.03. The first kappa shape index (κ1) is 19.4. The number of rotatable bonds is 5. The van der Waals surface area contributed by atoms with Gasteiger partial charge in [-0.15, -0.1) is 0 Å². The summed E-state index contributed by atoms with van der Waals surface area (Å²) < 4.78 is 32.9. The minimum atomic E-state index is -0.535. The first-order chi connectivity index (χ1) is 14.0. The smallest absolute Gasteiger partial charge is 0.225 e. The van der Waals surface area contributed by atoms with Gasteiger partial charge >= 0.3 is 0 Å². The van der Waals surface area contributed by atoms with Crippen LogP contribution in [0.25, 0.3) is 0 Å². The highest BCUT2D eigenvalue weighted by Crippen LogP contribution is 2.35. The van der Waals surface area contributed by atoms with E-state index in [9.17, 15) is 13.6 Å². The van der Waals surface area contributed by atoms with Crippen LogP contribution in [0, 0.1) is 16.4 Å². The van der Waals surface area contributed by atoms with Crippen LogP contribution in [0.1, 0.15) is 29.3 Å². The Labute approximate surface area is 172 Å². The Bertz CT molecular complexity index is 1100. The van der Waals surface area contributed by atoms with Crippen LogP contribution in [0.3, 0.4) is 0 Å². The van der Waals surface area contributed by atoms with Crippen LogP contribution in [0.15, 0.2) is 42.6 Å². The van der Waals surface area contributed by atoms with Gasteiger partial charge in [-0.3, -0.25) is 4.79 Å². The molecule has 150 valence electrons. The van der Waals surface area contributed by atoms with Gasteiger partial charge in [0.25, 0.3) is 0 Å². The Hall–Kier alpha value is -2.87. The topological polar surface area (TPSA) is 51.9 Å². The number of anilines is 1. The van der Waals surface area contributed by atoms with Gasteiger partial charge in [-0.05, 0) is 49.3 Å². The molecule has 3 heterocycles. The molecule has 1 amide bonds. The molecule has 1 aromatic carbocycles. The van der Waals surface area contributed by atoms with Crippen molar-refractivity contribution in [2.45, 2.75) is 31.7 Å². The fraction of sp³-hybridized carbons (Fsp3) is 0.286. The van der Waals surface area contributed by atoms with Crippen molar-refractivity contribution in [3.63, 3.8) is 0 Å². The molecule has 0 saturated carbocycles. The average molecular weight is 414 g/mol. The van der Waals surface area contributed by atoms with E-state index in [1.807, 2.05) is 16.2 Å². The summed E-state index contributed by atoms with van der Waals surface area (Å²) in [7, 11) is 1.86. The molecule has 0 saturated heterocycles. The number of halogens is 2. The molecular formula is C21H20F2N4OS. The molecule has 1 aliphatic heterocycles. The number of benzene rings is 1.